The van der Waals surface area contributed by atoms with Gasteiger partial charge in [-0.3, -0.25) is 9.59 Å². The number of amides is 2. The summed E-state index contributed by atoms with van der Waals surface area (Å²) in [5.41, 5.74) is 7.51. The third-order valence-electron chi connectivity index (χ3n) is 4.14. The van der Waals surface area contributed by atoms with E-state index in [9.17, 15) is 14.7 Å². The molecule has 0 aliphatic rings. The SMILES string of the molecule is CC(=O)Nc1cccc(Nc2ncc(C(N)=O)c(NC[C@H](O)c3ccccc3)n2)c1. The van der Waals surface area contributed by atoms with E-state index < -0.39 is 12.0 Å². The summed E-state index contributed by atoms with van der Waals surface area (Å²) in [5, 5.41) is 19.0. The molecule has 0 unspecified atom stereocenters. The number of rotatable bonds is 8. The van der Waals surface area contributed by atoms with E-state index in [2.05, 4.69) is 25.9 Å². The zero-order valence-electron chi connectivity index (χ0n) is 16.3. The normalized spacial score (nSPS) is 11.4. The van der Waals surface area contributed by atoms with Crippen molar-refractivity contribution in [3.8, 4) is 0 Å². The number of hydrogen-bond donors (Lipinski definition) is 5. The van der Waals surface area contributed by atoms with Gasteiger partial charge in [-0.1, -0.05) is 36.4 Å². The van der Waals surface area contributed by atoms with Gasteiger partial charge in [0.1, 0.15) is 5.82 Å². The molecule has 0 radical (unpaired) electrons. The summed E-state index contributed by atoms with van der Waals surface area (Å²) >= 11 is 0. The Hall–Kier alpha value is -3.98. The molecule has 9 nitrogen and oxygen atoms in total. The van der Waals surface area contributed by atoms with Crippen molar-refractivity contribution in [3.05, 3.63) is 71.9 Å². The number of benzene rings is 2. The van der Waals surface area contributed by atoms with Crippen molar-refractivity contribution in [2.24, 2.45) is 5.73 Å². The number of aliphatic hydroxyl groups is 1. The van der Waals surface area contributed by atoms with Gasteiger partial charge in [-0.2, -0.15) is 4.98 Å². The number of aromatic nitrogens is 2. The first-order valence-electron chi connectivity index (χ1n) is 9.21. The first-order chi connectivity index (χ1) is 14.4. The van der Waals surface area contributed by atoms with Gasteiger partial charge in [0.15, 0.2) is 0 Å². The van der Waals surface area contributed by atoms with E-state index in [0.29, 0.717) is 11.4 Å². The van der Waals surface area contributed by atoms with Gasteiger partial charge in [0.2, 0.25) is 11.9 Å². The summed E-state index contributed by atoms with van der Waals surface area (Å²) in [7, 11) is 0. The molecule has 1 heterocycles. The molecule has 0 saturated carbocycles. The molecule has 0 fully saturated rings. The van der Waals surface area contributed by atoms with Crippen LogP contribution >= 0.6 is 0 Å². The highest BCUT2D eigenvalue weighted by molar-refractivity contribution is 5.97. The van der Waals surface area contributed by atoms with Crippen LogP contribution in [0.2, 0.25) is 0 Å². The van der Waals surface area contributed by atoms with Crippen LogP contribution in [0.15, 0.2) is 60.8 Å². The minimum atomic E-state index is -0.798. The maximum absolute atomic E-state index is 11.7. The highest BCUT2D eigenvalue weighted by atomic mass is 16.3. The summed E-state index contributed by atoms with van der Waals surface area (Å²) < 4.78 is 0. The molecule has 1 aromatic heterocycles. The van der Waals surface area contributed by atoms with E-state index in [0.717, 1.165) is 5.56 Å². The zero-order valence-corrected chi connectivity index (χ0v) is 16.3. The number of nitrogens with zero attached hydrogens (tertiary/aromatic N) is 2. The second-order valence-corrected chi connectivity index (χ2v) is 6.51. The van der Waals surface area contributed by atoms with Crippen LogP contribution in [0.25, 0.3) is 0 Å². The lowest BCUT2D eigenvalue weighted by Crippen LogP contribution is -2.19. The molecule has 9 heteroatoms. The Labute approximate surface area is 173 Å². The lowest BCUT2D eigenvalue weighted by atomic mass is 10.1. The third-order valence-corrected chi connectivity index (χ3v) is 4.14. The molecular weight excluding hydrogens is 384 g/mol. The third kappa shape index (κ3) is 5.52. The molecule has 6 N–H and O–H groups in total. The predicted octanol–water partition coefficient (Wildman–Crippen LogP) is 2.42. The van der Waals surface area contributed by atoms with Crippen LogP contribution in [0.1, 0.15) is 28.9 Å². The maximum atomic E-state index is 11.7. The monoisotopic (exact) mass is 406 g/mol. The van der Waals surface area contributed by atoms with Crippen LogP contribution in [-0.4, -0.2) is 33.4 Å². The molecule has 3 aromatic rings. The number of hydrogen-bond acceptors (Lipinski definition) is 7. The Balaban J connectivity index is 1.77. The van der Waals surface area contributed by atoms with Crippen LogP contribution < -0.4 is 21.7 Å². The Morgan fingerprint density at radius 3 is 2.53 bits per heavy atom. The second-order valence-electron chi connectivity index (χ2n) is 6.51. The van der Waals surface area contributed by atoms with Gasteiger partial charge in [-0.05, 0) is 23.8 Å². The minimum absolute atomic E-state index is 0.104. The number of anilines is 4. The summed E-state index contributed by atoms with van der Waals surface area (Å²) in [5.74, 6) is -0.451. The maximum Gasteiger partial charge on any atom is 0.254 e. The number of nitrogens with one attached hydrogen (secondary N) is 3. The molecular formula is C21H22N6O3. The molecule has 0 saturated heterocycles. The van der Waals surface area contributed by atoms with Gasteiger partial charge in [0, 0.05) is 31.0 Å². The lowest BCUT2D eigenvalue weighted by Gasteiger charge is -2.15. The summed E-state index contributed by atoms with van der Waals surface area (Å²) in [6.07, 6.45) is 0.514. The van der Waals surface area contributed by atoms with E-state index in [-0.39, 0.29) is 29.8 Å². The van der Waals surface area contributed by atoms with Crippen molar-refractivity contribution in [1.29, 1.82) is 0 Å². The number of aliphatic hydroxyl groups excluding tert-OH is 1. The van der Waals surface area contributed by atoms with Crippen molar-refractivity contribution < 1.29 is 14.7 Å². The van der Waals surface area contributed by atoms with Gasteiger partial charge >= 0.3 is 0 Å². The fourth-order valence-corrected chi connectivity index (χ4v) is 2.75. The molecule has 1 atom stereocenters. The lowest BCUT2D eigenvalue weighted by molar-refractivity contribution is -0.114. The van der Waals surface area contributed by atoms with Crippen molar-refractivity contribution in [1.82, 2.24) is 9.97 Å². The molecule has 0 bridgehead atoms. The standard InChI is InChI=1S/C21H22N6O3/c1-13(28)25-15-8-5-9-16(10-15)26-21-24-11-17(19(22)30)20(27-21)23-12-18(29)14-6-3-2-4-7-14/h2-11,18,29H,12H2,1H3,(H2,22,30)(H,25,28)(H2,23,24,26,27)/t18-/m0/s1. The molecule has 2 amide bonds. The van der Waals surface area contributed by atoms with Gasteiger partial charge in [0.25, 0.3) is 5.91 Å². The summed E-state index contributed by atoms with van der Waals surface area (Å²) in [6, 6.07) is 16.1. The zero-order chi connectivity index (χ0) is 21.5. The fourth-order valence-electron chi connectivity index (χ4n) is 2.75. The first-order valence-corrected chi connectivity index (χ1v) is 9.21. The van der Waals surface area contributed by atoms with Crippen LogP contribution in [0, 0.1) is 0 Å². The van der Waals surface area contributed by atoms with Crippen LogP contribution in [-0.2, 0) is 4.79 Å². The van der Waals surface area contributed by atoms with Gasteiger partial charge in [-0.15, -0.1) is 0 Å². The molecule has 154 valence electrons. The van der Waals surface area contributed by atoms with Crippen LogP contribution in [0.5, 0.6) is 0 Å². The fraction of sp³-hybridized carbons (Fsp3) is 0.143. The highest BCUT2D eigenvalue weighted by Crippen LogP contribution is 2.21. The molecule has 0 aliphatic heterocycles. The first kappa shape index (κ1) is 20.7. The van der Waals surface area contributed by atoms with E-state index in [1.54, 1.807) is 36.4 Å². The van der Waals surface area contributed by atoms with Crippen molar-refractivity contribution in [2.75, 3.05) is 22.5 Å². The van der Waals surface area contributed by atoms with Gasteiger partial charge in [-0.25, -0.2) is 4.98 Å². The predicted molar refractivity (Wildman–Crippen MR) is 114 cm³/mol. The molecule has 0 aliphatic carbocycles. The summed E-state index contributed by atoms with van der Waals surface area (Å²) in [4.78, 5) is 31.4. The molecule has 2 aromatic carbocycles. The Morgan fingerprint density at radius 1 is 1.10 bits per heavy atom. The average Bonchev–Trinajstić information content (AvgIpc) is 2.72. The molecule has 30 heavy (non-hydrogen) atoms. The smallest absolute Gasteiger partial charge is 0.254 e. The van der Waals surface area contributed by atoms with E-state index in [1.165, 1.54) is 13.1 Å². The van der Waals surface area contributed by atoms with Crippen molar-refractivity contribution >= 4 is 35.0 Å². The topological polar surface area (TPSA) is 142 Å². The quantitative estimate of drug-likeness (QED) is 0.387. The number of carbonyl (C=O) groups excluding carboxylic acids is 2. The largest absolute Gasteiger partial charge is 0.387 e. The summed E-state index contributed by atoms with van der Waals surface area (Å²) in [6.45, 7) is 1.55. The Morgan fingerprint density at radius 2 is 1.83 bits per heavy atom. The number of nitrogens with two attached hydrogens (primary N) is 1. The molecule has 3 rings (SSSR count). The average molecular weight is 406 g/mol. The van der Waals surface area contributed by atoms with Crippen molar-refractivity contribution in [2.45, 2.75) is 13.0 Å². The Kier molecular flexibility index (Phi) is 6.56. The van der Waals surface area contributed by atoms with E-state index >= 15 is 0 Å². The molecule has 0 spiro atoms. The van der Waals surface area contributed by atoms with Gasteiger partial charge in [0.05, 0.1) is 11.7 Å². The second kappa shape index (κ2) is 9.48. The minimum Gasteiger partial charge on any atom is -0.387 e. The van der Waals surface area contributed by atoms with E-state index in [4.69, 9.17) is 5.73 Å². The van der Waals surface area contributed by atoms with Gasteiger partial charge < -0.3 is 26.8 Å². The van der Waals surface area contributed by atoms with Crippen molar-refractivity contribution in [3.63, 3.8) is 0 Å². The van der Waals surface area contributed by atoms with E-state index in [1.807, 2.05) is 18.2 Å². The number of primary amides is 1. The van der Waals surface area contributed by atoms with Crippen LogP contribution in [0.3, 0.4) is 0 Å². The Bertz CT molecular complexity index is 1040. The van der Waals surface area contributed by atoms with Crippen LogP contribution in [0.4, 0.5) is 23.1 Å². The highest BCUT2D eigenvalue weighted by Gasteiger charge is 2.14. The number of carbonyl (C=O) groups is 2.